The van der Waals surface area contributed by atoms with E-state index in [4.69, 9.17) is 14.9 Å². The number of carbonyl (C=O) groups is 1. The van der Waals surface area contributed by atoms with Gasteiger partial charge in [0.1, 0.15) is 11.3 Å². The Labute approximate surface area is 152 Å². The molecule has 1 aromatic heterocycles. The molecule has 0 aliphatic carbocycles. The van der Waals surface area contributed by atoms with Crippen molar-refractivity contribution in [2.45, 2.75) is 6.42 Å². The van der Waals surface area contributed by atoms with Gasteiger partial charge >= 0.3 is 0 Å². The zero-order valence-electron chi connectivity index (χ0n) is 14.8. The summed E-state index contributed by atoms with van der Waals surface area (Å²) >= 11 is 0. The number of nitrogens with zero attached hydrogens (tertiary/aromatic N) is 1. The highest BCUT2D eigenvalue weighted by Crippen LogP contribution is 2.37. The lowest BCUT2D eigenvalue weighted by Crippen LogP contribution is -2.29. The zero-order chi connectivity index (χ0) is 18.1. The fourth-order valence-corrected chi connectivity index (χ4v) is 3.60. The van der Waals surface area contributed by atoms with Gasteiger partial charge in [0.05, 0.1) is 7.11 Å². The molecule has 0 radical (unpaired) electrons. The summed E-state index contributed by atoms with van der Waals surface area (Å²) in [6.45, 7) is 2.01. The molecule has 1 aliphatic heterocycles. The number of carbonyl (C=O) groups excluding carboxylic acids is 1. The Morgan fingerprint density at radius 3 is 2.77 bits per heavy atom. The van der Waals surface area contributed by atoms with Gasteiger partial charge in [-0.25, -0.2) is 0 Å². The molecule has 4 rings (SSSR count). The summed E-state index contributed by atoms with van der Waals surface area (Å²) in [5.74, 6) is 1.38. The molecular weight excluding hydrogens is 328 g/mol. The maximum Gasteiger partial charge on any atom is 0.290 e. The highest BCUT2D eigenvalue weighted by Gasteiger charge is 2.31. The third-order valence-corrected chi connectivity index (χ3v) is 5.06. The van der Waals surface area contributed by atoms with Crippen LogP contribution in [0, 0.1) is 5.92 Å². The minimum Gasteiger partial charge on any atom is -0.497 e. The third-order valence-electron chi connectivity index (χ3n) is 5.06. The van der Waals surface area contributed by atoms with Gasteiger partial charge in [0.2, 0.25) is 5.76 Å². The molecule has 1 atom stereocenters. The number of furan rings is 1. The van der Waals surface area contributed by atoms with Crippen LogP contribution in [0.15, 0.2) is 52.9 Å². The van der Waals surface area contributed by atoms with Crippen LogP contribution in [0.5, 0.6) is 5.75 Å². The number of hydrogen-bond acceptors (Lipinski definition) is 4. The number of hydrogen-bond donors (Lipinski definition) is 1. The molecule has 1 fully saturated rings. The van der Waals surface area contributed by atoms with Crippen LogP contribution in [0.3, 0.4) is 0 Å². The lowest BCUT2D eigenvalue weighted by Gasteiger charge is -2.15. The average Bonchev–Trinajstić information content (AvgIpc) is 3.32. The standard InChI is InChI=1S/C21H22N2O3/c1-25-16-7-8-17-18(11-16)26-20(19(17)15-5-3-2-4-6-15)21(24)23-10-9-14(12-22)13-23/h2-8,11,14H,9-10,12-13,22H2,1H3/t14-/m0/s1. The van der Waals surface area contributed by atoms with E-state index in [1.54, 1.807) is 7.11 Å². The summed E-state index contributed by atoms with van der Waals surface area (Å²) in [6, 6.07) is 15.5. The van der Waals surface area contributed by atoms with Crippen LogP contribution in [0.2, 0.25) is 0 Å². The van der Waals surface area contributed by atoms with Crippen LogP contribution < -0.4 is 10.5 Å². The molecular formula is C21H22N2O3. The molecule has 0 saturated carbocycles. The topological polar surface area (TPSA) is 68.7 Å². The summed E-state index contributed by atoms with van der Waals surface area (Å²) < 4.78 is 11.3. The molecule has 1 saturated heterocycles. The predicted molar refractivity (Wildman–Crippen MR) is 101 cm³/mol. The normalized spacial score (nSPS) is 17.0. The smallest absolute Gasteiger partial charge is 0.290 e. The molecule has 5 nitrogen and oxygen atoms in total. The zero-order valence-corrected chi connectivity index (χ0v) is 14.8. The van der Waals surface area contributed by atoms with Gasteiger partial charge in [-0.2, -0.15) is 0 Å². The Bertz CT molecular complexity index is 933. The minimum atomic E-state index is -0.0741. The van der Waals surface area contributed by atoms with Crippen LogP contribution >= 0.6 is 0 Å². The second-order valence-corrected chi connectivity index (χ2v) is 6.68. The third kappa shape index (κ3) is 2.84. The van der Waals surface area contributed by atoms with Gasteiger partial charge in [0, 0.05) is 30.1 Å². The molecule has 2 heterocycles. The van der Waals surface area contributed by atoms with E-state index in [-0.39, 0.29) is 5.91 Å². The molecule has 2 N–H and O–H groups in total. The van der Waals surface area contributed by atoms with Gasteiger partial charge in [0.15, 0.2) is 0 Å². The monoisotopic (exact) mass is 350 g/mol. The molecule has 1 aliphatic rings. The highest BCUT2D eigenvalue weighted by atomic mass is 16.5. The van der Waals surface area contributed by atoms with Crippen molar-refractivity contribution in [3.05, 3.63) is 54.3 Å². The number of ether oxygens (including phenoxy) is 1. The average molecular weight is 350 g/mol. The summed E-state index contributed by atoms with van der Waals surface area (Å²) in [6.07, 6.45) is 0.941. The first kappa shape index (κ1) is 16.7. The van der Waals surface area contributed by atoms with Gasteiger partial charge in [-0.15, -0.1) is 0 Å². The fraction of sp³-hybridized carbons (Fsp3) is 0.286. The Kier molecular flexibility index (Phi) is 4.39. The van der Waals surface area contributed by atoms with E-state index in [1.807, 2.05) is 53.4 Å². The molecule has 0 unspecified atom stereocenters. The van der Waals surface area contributed by atoms with Gasteiger partial charge in [-0.05, 0) is 36.6 Å². The van der Waals surface area contributed by atoms with E-state index >= 15 is 0 Å². The second kappa shape index (κ2) is 6.84. The van der Waals surface area contributed by atoms with Crippen LogP contribution in [-0.2, 0) is 0 Å². The van der Waals surface area contributed by atoms with Gasteiger partial charge in [-0.1, -0.05) is 30.3 Å². The lowest BCUT2D eigenvalue weighted by atomic mass is 10.0. The summed E-state index contributed by atoms with van der Waals surface area (Å²) in [5.41, 5.74) is 8.23. The van der Waals surface area contributed by atoms with E-state index in [0.29, 0.717) is 36.1 Å². The van der Waals surface area contributed by atoms with Crippen molar-refractivity contribution in [3.8, 4) is 16.9 Å². The van der Waals surface area contributed by atoms with Gasteiger partial charge < -0.3 is 19.8 Å². The lowest BCUT2D eigenvalue weighted by molar-refractivity contribution is 0.0759. The van der Waals surface area contributed by atoms with Gasteiger partial charge in [0.25, 0.3) is 5.91 Å². The molecule has 0 bridgehead atoms. The van der Waals surface area contributed by atoms with Crippen LogP contribution in [0.4, 0.5) is 0 Å². The minimum absolute atomic E-state index is 0.0741. The highest BCUT2D eigenvalue weighted by molar-refractivity contribution is 6.08. The van der Waals surface area contributed by atoms with Crippen molar-refractivity contribution in [3.63, 3.8) is 0 Å². The van der Waals surface area contributed by atoms with Crippen LogP contribution in [0.1, 0.15) is 17.0 Å². The van der Waals surface area contributed by atoms with E-state index in [9.17, 15) is 4.79 Å². The van der Waals surface area contributed by atoms with E-state index in [0.717, 1.165) is 29.5 Å². The van der Waals surface area contributed by atoms with Crippen LogP contribution in [0.25, 0.3) is 22.1 Å². The van der Waals surface area contributed by atoms with E-state index in [1.165, 1.54) is 0 Å². The Morgan fingerprint density at radius 2 is 2.08 bits per heavy atom. The summed E-state index contributed by atoms with van der Waals surface area (Å²) in [4.78, 5) is 15.0. The molecule has 134 valence electrons. The Balaban J connectivity index is 1.84. The quantitative estimate of drug-likeness (QED) is 0.781. The second-order valence-electron chi connectivity index (χ2n) is 6.68. The van der Waals surface area contributed by atoms with Crippen molar-refractivity contribution >= 4 is 16.9 Å². The van der Waals surface area contributed by atoms with Gasteiger partial charge in [-0.3, -0.25) is 4.79 Å². The molecule has 2 aromatic carbocycles. The van der Waals surface area contributed by atoms with Crippen molar-refractivity contribution in [1.82, 2.24) is 4.90 Å². The Morgan fingerprint density at radius 1 is 1.27 bits per heavy atom. The van der Waals surface area contributed by atoms with Crippen molar-refractivity contribution < 1.29 is 13.9 Å². The van der Waals surface area contributed by atoms with Crippen LogP contribution in [-0.4, -0.2) is 37.6 Å². The van der Waals surface area contributed by atoms with Crippen molar-refractivity contribution in [1.29, 1.82) is 0 Å². The fourth-order valence-electron chi connectivity index (χ4n) is 3.60. The van der Waals surface area contributed by atoms with Crippen molar-refractivity contribution in [2.24, 2.45) is 11.7 Å². The molecule has 3 aromatic rings. The first-order chi connectivity index (χ1) is 12.7. The largest absolute Gasteiger partial charge is 0.497 e. The molecule has 0 spiro atoms. The molecule has 1 amide bonds. The molecule has 5 heteroatoms. The number of methoxy groups -OCH3 is 1. The van der Waals surface area contributed by atoms with E-state index < -0.39 is 0 Å². The maximum atomic E-state index is 13.2. The first-order valence-corrected chi connectivity index (χ1v) is 8.86. The number of amides is 1. The number of nitrogens with two attached hydrogens (primary N) is 1. The SMILES string of the molecule is COc1ccc2c(-c3ccccc3)c(C(=O)N3CC[C@@H](CN)C3)oc2c1. The molecule has 26 heavy (non-hydrogen) atoms. The Hall–Kier alpha value is -2.79. The first-order valence-electron chi connectivity index (χ1n) is 8.86. The predicted octanol–water partition coefficient (Wildman–Crippen LogP) is 3.53. The van der Waals surface area contributed by atoms with E-state index in [2.05, 4.69) is 0 Å². The number of rotatable bonds is 4. The summed E-state index contributed by atoms with van der Waals surface area (Å²) in [5, 5.41) is 0.912. The number of likely N-dealkylation sites (tertiary alicyclic amines) is 1. The summed E-state index contributed by atoms with van der Waals surface area (Å²) in [7, 11) is 1.62. The number of fused-ring (bicyclic) bond motifs is 1. The van der Waals surface area contributed by atoms with Crippen molar-refractivity contribution in [2.75, 3.05) is 26.7 Å². The maximum absolute atomic E-state index is 13.2. The number of benzene rings is 2.